The second kappa shape index (κ2) is 4.96. The fourth-order valence-corrected chi connectivity index (χ4v) is 1.74. The zero-order valence-electron chi connectivity index (χ0n) is 10.3. The maximum Gasteiger partial charge on any atom is 0.339 e. The molecule has 0 aliphatic rings. The molecule has 0 radical (unpaired) electrons. The third-order valence-electron chi connectivity index (χ3n) is 2.78. The van der Waals surface area contributed by atoms with Crippen LogP contribution in [0.2, 0.25) is 0 Å². The molecule has 2 rings (SSSR count). The first kappa shape index (κ1) is 12.2. The van der Waals surface area contributed by atoms with E-state index in [1.54, 1.807) is 6.92 Å². The van der Waals surface area contributed by atoms with Crippen molar-refractivity contribution in [1.29, 1.82) is 0 Å². The molecule has 0 aliphatic heterocycles. The van der Waals surface area contributed by atoms with Gasteiger partial charge in [0.2, 0.25) is 0 Å². The highest BCUT2D eigenvalue weighted by molar-refractivity contribution is 5.94. The molecule has 0 bridgehead atoms. The van der Waals surface area contributed by atoms with Gasteiger partial charge in [-0.05, 0) is 18.9 Å². The lowest BCUT2D eigenvalue weighted by atomic mass is 10.0. The van der Waals surface area contributed by atoms with Crippen molar-refractivity contribution in [3.05, 3.63) is 47.4 Å². The molecule has 0 amide bonds. The van der Waals surface area contributed by atoms with E-state index in [1.807, 2.05) is 24.3 Å². The van der Waals surface area contributed by atoms with Crippen LogP contribution in [0.3, 0.4) is 0 Å². The molecule has 92 valence electrons. The van der Waals surface area contributed by atoms with Crippen molar-refractivity contribution < 1.29 is 9.90 Å². The summed E-state index contributed by atoms with van der Waals surface area (Å²) in [5, 5.41) is 9.14. The van der Waals surface area contributed by atoms with Crippen molar-refractivity contribution >= 4 is 5.97 Å². The molecule has 0 saturated carbocycles. The minimum absolute atomic E-state index is 0.129. The molecular weight excluding hydrogens is 228 g/mol. The monoisotopic (exact) mass is 242 g/mol. The summed E-state index contributed by atoms with van der Waals surface area (Å²) in [5.41, 5.74) is 2.61. The summed E-state index contributed by atoms with van der Waals surface area (Å²) in [6.45, 7) is 3.82. The van der Waals surface area contributed by atoms with E-state index in [2.05, 4.69) is 16.9 Å². The molecule has 0 aliphatic carbocycles. The minimum Gasteiger partial charge on any atom is -0.478 e. The number of hydrogen-bond donors (Lipinski definition) is 1. The van der Waals surface area contributed by atoms with Gasteiger partial charge in [0, 0.05) is 11.8 Å². The Morgan fingerprint density at radius 1 is 1.28 bits per heavy atom. The van der Waals surface area contributed by atoms with Gasteiger partial charge in [0.25, 0.3) is 0 Å². The second-order valence-corrected chi connectivity index (χ2v) is 4.04. The maximum absolute atomic E-state index is 11.1. The fraction of sp³-hybridized carbons (Fsp3) is 0.214. The molecule has 1 N–H and O–H groups in total. The normalized spacial score (nSPS) is 10.3. The number of nitrogens with zero attached hydrogens (tertiary/aromatic N) is 2. The van der Waals surface area contributed by atoms with Gasteiger partial charge in [-0.3, -0.25) is 0 Å². The van der Waals surface area contributed by atoms with Gasteiger partial charge in [-0.2, -0.15) is 0 Å². The van der Waals surface area contributed by atoms with Crippen LogP contribution >= 0.6 is 0 Å². The highest BCUT2D eigenvalue weighted by atomic mass is 16.4. The van der Waals surface area contributed by atoms with Crippen LogP contribution in [0.5, 0.6) is 0 Å². The smallest absolute Gasteiger partial charge is 0.339 e. The molecule has 1 aromatic heterocycles. The van der Waals surface area contributed by atoms with E-state index in [0.717, 1.165) is 12.0 Å². The Labute approximate surface area is 105 Å². The molecule has 2 aromatic rings. The third kappa shape index (κ3) is 2.37. The topological polar surface area (TPSA) is 63.1 Å². The number of carbonyl (C=O) groups is 1. The maximum atomic E-state index is 11.1. The molecular formula is C14H14N2O2. The molecule has 0 atom stereocenters. The largest absolute Gasteiger partial charge is 0.478 e. The highest BCUT2D eigenvalue weighted by Crippen LogP contribution is 2.22. The zero-order valence-corrected chi connectivity index (χ0v) is 10.3. The lowest BCUT2D eigenvalue weighted by molar-refractivity contribution is 0.0697. The van der Waals surface area contributed by atoms with Crippen LogP contribution < -0.4 is 0 Å². The number of aryl methyl sites for hydroxylation is 2. The Bertz CT molecular complexity index is 577. The molecule has 1 heterocycles. The van der Waals surface area contributed by atoms with E-state index in [1.165, 1.54) is 11.8 Å². The first-order valence-electron chi connectivity index (χ1n) is 5.78. The number of carboxylic acid groups (broad SMARTS) is 1. The SMILES string of the molecule is CCc1ccc(-c2nc(C)ncc2C(=O)O)cc1. The highest BCUT2D eigenvalue weighted by Gasteiger charge is 2.14. The van der Waals surface area contributed by atoms with Gasteiger partial charge in [0.15, 0.2) is 0 Å². The van der Waals surface area contributed by atoms with Crippen LogP contribution in [0, 0.1) is 6.92 Å². The Balaban J connectivity index is 2.54. The minimum atomic E-state index is -1.01. The number of aromatic carboxylic acids is 1. The standard InChI is InChI=1S/C14H14N2O2/c1-3-10-4-6-11(7-5-10)13-12(14(17)18)8-15-9(2)16-13/h4-8H,3H2,1-2H3,(H,17,18). The second-order valence-electron chi connectivity index (χ2n) is 4.04. The van der Waals surface area contributed by atoms with Gasteiger partial charge in [0.1, 0.15) is 11.4 Å². The average molecular weight is 242 g/mol. The molecule has 1 aromatic carbocycles. The summed E-state index contributed by atoms with van der Waals surface area (Å²) in [6.07, 6.45) is 2.31. The van der Waals surface area contributed by atoms with Gasteiger partial charge >= 0.3 is 5.97 Å². The Morgan fingerprint density at radius 3 is 2.50 bits per heavy atom. The van der Waals surface area contributed by atoms with Crippen molar-refractivity contribution in [3.8, 4) is 11.3 Å². The third-order valence-corrected chi connectivity index (χ3v) is 2.78. The van der Waals surface area contributed by atoms with Crippen molar-refractivity contribution in [2.24, 2.45) is 0 Å². The van der Waals surface area contributed by atoms with Crippen LogP contribution in [0.1, 0.15) is 28.7 Å². The Hall–Kier alpha value is -2.23. The molecule has 18 heavy (non-hydrogen) atoms. The van der Waals surface area contributed by atoms with Crippen LogP contribution in [0.4, 0.5) is 0 Å². The van der Waals surface area contributed by atoms with E-state index < -0.39 is 5.97 Å². The van der Waals surface area contributed by atoms with Crippen LogP contribution in [-0.4, -0.2) is 21.0 Å². The summed E-state index contributed by atoms with van der Waals surface area (Å²) in [5.74, 6) is -0.445. The zero-order chi connectivity index (χ0) is 13.1. The van der Waals surface area contributed by atoms with Gasteiger partial charge < -0.3 is 5.11 Å². The Kier molecular flexibility index (Phi) is 3.37. The van der Waals surface area contributed by atoms with Gasteiger partial charge in [-0.25, -0.2) is 14.8 Å². The number of aromatic nitrogens is 2. The summed E-state index contributed by atoms with van der Waals surface area (Å²) in [7, 11) is 0. The lowest BCUT2D eigenvalue weighted by Gasteiger charge is -2.06. The number of benzene rings is 1. The van der Waals surface area contributed by atoms with Gasteiger partial charge in [-0.1, -0.05) is 31.2 Å². The van der Waals surface area contributed by atoms with Crippen LogP contribution in [0.25, 0.3) is 11.3 Å². The fourth-order valence-electron chi connectivity index (χ4n) is 1.74. The van der Waals surface area contributed by atoms with Crippen LogP contribution in [0.15, 0.2) is 30.5 Å². The summed E-state index contributed by atoms with van der Waals surface area (Å²) in [6, 6.07) is 7.76. The predicted molar refractivity (Wildman–Crippen MR) is 68.5 cm³/mol. The van der Waals surface area contributed by atoms with Gasteiger partial charge in [0.05, 0.1) is 5.69 Å². The van der Waals surface area contributed by atoms with E-state index in [-0.39, 0.29) is 5.56 Å². The number of hydrogen-bond acceptors (Lipinski definition) is 3. The van der Waals surface area contributed by atoms with E-state index >= 15 is 0 Å². The van der Waals surface area contributed by atoms with Crippen molar-refractivity contribution in [1.82, 2.24) is 9.97 Å². The van der Waals surface area contributed by atoms with E-state index in [0.29, 0.717) is 11.5 Å². The predicted octanol–water partition coefficient (Wildman–Crippen LogP) is 2.71. The van der Waals surface area contributed by atoms with Crippen LogP contribution in [-0.2, 0) is 6.42 Å². The molecule has 0 saturated heterocycles. The average Bonchev–Trinajstić information content (AvgIpc) is 2.38. The molecule has 4 nitrogen and oxygen atoms in total. The quantitative estimate of drug-likeness (QED) is 0.898. The van der Waals surface area contributed by atoms with Crippen molar-refractivity contribution in [3.63, 3.8) is 0 Å². The number of carboxylic acids is 1. The first-order valence-corrected chi connectivity index (χ1v) is 5.78. The summed E-state index contributed by atoms with van der Waals surface area (Å²) < 4.78 is 0. The van der Waals surface area contributed by atoms with Gasteiger partial charge in [-0.15, -0.1) is 0 Å². The molecule has 0 spiro atoms. The van der Waals surface area contributed by atoms with E-state index in [9.17, 15) is 4.79 Å². The summed E-state index contributed by atoms with van der Waals surface area (Å²) >= 11 is 0. The van der Waals surface area contributed by atoms with Crippen molar-refractivity contribution in [2.45, 2.75) is 20.3 Å². The first-order chi connectivity index (χ1) is 8.61. The Morgan fingerprint density at radius 2 is 1.94 bits per heavy atom. The molecule has 4 heteroatoms. The lowest BCUT2D eigenvalue weighted by Crippen LogP contribution is -2.04. The van der Waals surface area contributed by atoms with Crippen molar-refractivity contribution in [2.75, 3.05) is 0 Å². The van der Waals surface area contributed by atoms with E-state index in [4.69, 9.17) is 5.11 Å². The summed E-state index contributed by atoms with van der Waals surface area (Å²) in [4.78, 5) is 19.3. The number of rotatable bonds is 3. The molecule has 0 unspecified atom stereocenters. The molecule has 0 fully saturated rings.